The van der Waals surface area contributed by atoms with Crippen molar-refractivity contribution in [3.05, 3.63) is 23.2 Å². The van der Waals surface area contributed by atoms with Crippen molar-refractivity contribution >= 4 is 5.97 Å². The monoisotopic (exact) mass is 295 g/mol. The Kier molecular flexibility index (Phi) is 5.42. The van der Waals surface area contributed by atoms with Gasteiger partial charge in [-0.15, -0.1) is 0 Å². The minimum Gasteiger partial charge on any atom is -0.466 e. The third-order valence-electron chi connectivity index (χ3n) is 3.51. The minimum atomic E-state index is -0.339. The maximum atomic E-state index is 12.0. The fourth-order valence-electron chi connectivity index (χ4n) is 2.64. The molecule has 5 heteroatoms. The number of rotatable bonds is 5. The summed E-state index contributed by atoms with van der Waals surface area (Å²) in [6.07, 6.45) is -0.0465. The van der Waals surface area contributed by atoms with Crippen molar-refractivity contribution in [2.75, 3.05) is 32.8 Å². The molecule has 1 aromatic heterocycles. The van der Waals surface area contributed by atoms with Crippen LogP contribution in [0.1, 0.15) is 35.7 Å². The Morgan fingerprint density at radius 2 is 2.24 bits per heavy atom. The summed E-state index contributed by atoms with van der Waals surface area (Å²) in [5.74, 6) is 1.61. The zero-order valence-corrected chi connectivity index (χ0v) is 13.3. The van der Waals surface area contributed by atoms with Gasteiger partial charge in [0.15, 0.2) is 0 Å². The smallest absolute Gasteiger partial charge is 0.341 e. The fraction of sp³-hybridized carbons (Fsp3) is 0.688. The number of morpholine rings is 1. The second kappa shape index (κ2) is 7.09. The molecule has 1 aliphatic rings. The van der Waals surface area contributed by atoms with Crippen molar-refractivity contribution in [3.63, 3.8) is 0 Å². The van der Waals surface area contributed by atoms with E-state index in [1.54, 1.807) is 13.0 Å². The highest BCUT2D eigenvalue weighted by Gasteiger charge is 2.23. The van der Waals surface area contributed by atoms with Crippen LogP contribution < -0.4 is 0 Å². The Bertz CT molecular complexity index is 481. The lowest BCUT2D eigenvalue weighted by atomic mass is 10.2. The predicted molar refractivity (Wildman–Crippen MR) is 79.5 cm³/mol. The molecule has 0 saturated carbocycles. The molecule has 5 nitrogen and oxygen atoms in total. The summed E-state index contributed by atoms with van der Waals surface area (Å²) < 4.78 is 16.4. The highest BCUT2D eigenvalue weighted by Crippen LogP contribution is 2.15. The van der Waals surface area contributed by atoms with Gasteiger partial charge in [0.05, 0.1) is 6.61 Å². The maximum Gasteiger partial charge on any atom is 0.341 e. The molecule has 1 atom stereocenters. The number of carbonyl (C=O) groups excluding carboxylic acids is 1. The largest absolute Gasteiger partial charge is 0.466 e. The van der Waals surface area contributed by atoms with Crippen molar-refractivity contribution in [3.8, 4) is 0 Å². The summed E-state index contributed by atoms with van der Waals surface area (Å²) in [6, 6.07) is 1.71. The van der Waals surface area contributed by atoms with Gasteiger partial charge in [0.1, 0.15) is 29.8 Å². The molecule has 2 heterocycles. The highest BCUT2D eigenvalue weighted by atomic mass is 16.6. The molecule has 0 radical (unpaired) electrons. The van der Waals surface area contributed by atoms with Gasteiger partial charge in [-0.3, -0.25) is 4.90 Å². The van der Waals surface area contributed by atoms with Crippen molar-refractivity contribution in [1.82, 2.24) is 4.90 Å². The zero-order valence-electron chi connectivity index (χ0n) is 13.3. The SMILES string of the molecule is Cc1cc(C(=O)OCC2CN(CC(C)C)CCO2)c(C)o1. The van der Waals surface area contributed by atoms with Gasteiger partial charge >= 0.3 is 5.97 Å². The van der Waals surface area contributed by atoms with Crippen molar-refractivity contribution in [1.29, 1.82) is 0 Å². The van der Waals surface area contributed by atoms with Crippen LogP contribution in [-0.2, 0) is 9.47 Å². The van der Waals surface area contributed by atoms with Crippen molar-refractivity contribution in [2.24, 2.45) is 5.92 Å². The molecular weight excluding hydrogens is 270 g/mol. The Morgan fingerprint density at radius 1 is 1.48 bits per heavy atom. The number of hydrogen-bond acceptors (Lipinski definition) is 5. The molecule has 1 unspecified atom stereocenters. The Labute approximate surface area is 126 Å². The summed E-state index contributed by atoms with van der Waals surface area (Å²) >= 11 is 0. The summed E-state index contributed by atoms with van der Waals surface area (Å²) in [6.45, 7) is 11.8. The predicted octanol–water partition coefficient (Wildman–Crippen LogP) is 2.41. The quantitative estimate of drug-likeness (QED) is 0.781. The third kappa shape index (κ3) is 4.58. The van der Waals surface area contributed by atoms with E-state index in [-0.39, 0.29) is 18.7 Å². The number of aryl methyl sites for hydroxylation is 2. The first-order chi connectivity index (χ1) is 9.95. The Balaban J connectivity index is 1.82. The van der Waals surface area contributed by atoms with Gasteiger partial charge in [-0.1, -0.05) is 13.8 Å². The van der Waals surface area contributed by atoms with E-state index in [9.17, 15) is 4.79 Å². The average Bonchev–Trinajstić information content (AvgIpc) is 2.75. The Morgan fingerprint density at radius 3 is 2.86 bits per heavy atom. The van der Waals surface area contributed by atoms with E-state index in [1.165, 1.54) is 0 Å². The summed E-state index contributed by atoms with van der Waals surface area (Å²) in [5, 5.41) is 0. The molecule has 0 spiro atoms. The van der Waals surface area contributed by atoms with E-state index >= 15 is 0 Å². The number of esters is 1. The molecule has 1 aliphatic heterocycles. The van der Waals surface area contributed by atoms with Gasteiger partial charge in [-0.2, -0.15) is 0 Å². The molecule has 1 saturated heterocycles. The first-order valence-electron chi connectivity index (χ1n) is 7.54. The average molecular weight is 295 g/mol. The summed E-state index contributed by atoms with van der Waals surface area (Å²) in [4.78, 5) is 14.4. The standard InChI is InChI=1S/C16H25NO4/c1-11(2)8-17-5-6-19-14(9-17)10-20-16(18)15-7-12(3)21-13(15)4/h7,11,14H,5-6,8-10H2,1-4H3. The van der Waals surface area contributed by atoms with Gasteiger partial charge in [-0.05, 0) is 25.8 Å². The molecule has 2 rings (SSSR count). The van der Waals surface area contributed by atoms with Crippen LogP contribution in [0.25, 0.3) is 0 Å². The van der Waals surface area contributed by atoms with E-state index < -0.39 is 0 Å². The van der Waals surface area contributed by atoms with Gasteiger partial charge < -0.3 is 13.9 Å². The van der Waals surface area contributed by atoms with Gasteiger partial charge in [-0.25, -0.2) is 4.79 Å². The molecule has 1 aromatic rings. The van der Waals surface area contributed by atoms with Gasteiger partial charge in [0.2, 0.25) is 0 Å². The number of nitrogens with zero attached hydrogens (tertiary/aromatic N) is 1. The molecule has 0 aliphatic carbocycles. The first kappa shape index (κ1) is 16.0. The lowest BCUT2D eigenvalue weighted by molar-refractivity contribution is -0.0612. The zero-order chi connectivity index (χ0) is 15.4. The summed E-state index contributed by atoms with van der Waals surface area (Å²) in [5.41, 5.74) is 0.502. The Hall–Kier alpha value is -1.33. The van der Waals surface area contributed by atoms with Crippen molar-refractivity contribution in [2.45, 2.75) is 33.8 Å². The molecule has 0 bridgehead atoms. The minimum absolute atomic E-state index is 0.0465. The second-order valence-corrected chi connectivity index (χ2v) is 6.07. The van der Waals surface area contributed by atoms with Gasteiger partial charge in [0.25, 0.3) is 0 Å². The molecule has 21 heavy (non-hydrogen) atoms. The van der Waals surface area contributed by atoms with E-state index in [4.69, 9.17) is 13.9 Å². The number of furan rings is 1. The number of ether oxygens (including phenoxy) is 2. The molecule has 0 N–H and O–H groups in total. The fourth-order valence-corrected chi connectivity index (χ4v) is 2.64. The van der Waals surface area contributed by atoms with E-state index in [1.807, 2.05) is 6.92 Å². The molecule has 1 fully saturated rings. The van der Waals surface area contributed by atoms with Crippen LogP contribution in [0.2, 0.25) is 0 Å². The summed E-state index contributed by atoms with van der Waals surface area (Å²) in [7, 11) is 0. The van der Waals surface area contributed by atoms with E-state index in [2.05, 4.69) is 18.7 Å². The lowest BCUT2D eigenvalue weighted by Gasteiger charge is -2.33. The molecule has 118 valence electrons. The van der Waals surface area contributed by atoms with Crippen LogP contribution in [-0.4, -0.2) is 49.8 Å². The normalized spacial score (nSPS) is 20.0. The first-order valence-corrected chi connectivity index (χ1v) is 7.54. The second-order valence-electron chi connectivity index (χ2n) is 6.07. The lowest BCUT2D eigenvalue weighted by Crippen LogP contribution is -2.45. The van der Waals surface area contributed by atoms with E-state index in [0.717, 1.165) is 25.4 Å². The molecule has 0 aromatic carbocycles. The van der Waals surface area contributed by atoms with Crippen LogP contribution in [0.4, 0.5) is 0 Å². The third-order valence-corrected chi connectivity index (χ3v) is 3.51. The maximum absolute atomic E-state index is 12.0. The number of carbonyl (C=O) groups is 1. The molecular formula is C16H25NO4. The van der Waals surface area contributed by atoms with E-state index in [0.29, 0.717) is 23.8 Å². The topological polar surface area (TPSA) is 51.9 Å². The van der Waals surface area contributed by atoms with Crippen LogP contribution in [0, 0.1) is 19.8 Å². The van der Waals surface area contributed by atoms with Gasteiger partial charge in [0, 0.05) is 19.6 Å². The van der Waals surface area contributed by atoms with Crippen LogP contribution in [0.15, 0.2) is 10.5 Å². The number of hydrogen-bond donors (Lipinski definition) is 0. The highest BCUT2D eigenvalue weighted by molar-refractivity contribution is 5.90. The molecule has 0 amide bonds. The van der Waals surface area contributed by atoms with Crippen molar-refractivity contribution < 1.29 is 18.7 Å². The van der Waals surface area contributed by atoms with Crippen LogP contribution in [0.5, 0.6) is 0 Å². The van der Waals surface area contributed by atoms with Crippen LogP contribution >= 0.6 is 0 Å². The van der Waals surface area contributed by atoms with Crippen LogP contribution in [0.3, 0.4) is 0 Å².